The van der Waals surface area contributed by atoms with Gasteiger partial charge in [0.2, 0.25) is 0 Å². The highest BCUT2D eigenvalue weighted by Gasteiger charge is 2.52. The van der Waals surface area contributed by atoms with Gasteiger partial charge in [-0.3, -0.25) is 4.90 Å². The van der Waals surface area contributed by atoms with Crippen LogP contribution < -0.4 is 0 Å². The first-order valence-corrected chi connectivity index (χ1v) is 8.51. The highest BCUT2D eigenvalue weighted by molar-refractivity contribution is 5.07. The third kappa shape index (κ3) is 2.24. The Bertz CT molecular complexity index is 248. The average Bonchev–Trinajstić information content (AvgIpc) is 2.32. The van der Waals surface area contributed by atoms with E-state index >= 15 is 0 Å². The van der Waals surface area contributed by atoms with Gasteiger partial charge >= 0.3 is 0 Å². The van der Waals surface area contributed by atoms with E-state index in [1.807, 2.05) is 0 Å². The second kappa shape index (κ2) is 5.15. The molecular weight excluding hydrogens is 218 g/mol. The van der Waals surface area contributed by atoms with Gasteiger partial charge in [0, 0.05) is 5.54 Å². The molecule has 4 rings (SSSR count). The minimum atomic E-state index is 0.650. The number of rotatable bonds is 6. The molecule has 0 radical (unpaired) electrons. The van der Waals surface area contributed by atoms with Crippen LogP contribution >= 0.6 is 0 Å². The molecule has 0 heterocycles. The van der Waals surface area contributed by atoms with Crippen molar-refractivity contribution in [3.05, 3.63) is 0 Å². The Balaban J connectivity index is 1.68. The van der Waals surface area contributed by atoms with Crippen molar-refractivity contribution in [2.75, 3.05) is 13.1 Å². The maximum atomic E-state index is 2.90. The molecule has 0 saturated heterocycles. The summed E-state index contributed by atoms with van der Waals surface area (Å²) < 4.78 is 0. The summed E-state index contributed by atoms with van der Waals surface area (Å²) >= 11 is 0. The van der Waals surface area contributed by atoms with E-state index in [0.29, 0.717) is 5.54 Å². The maximum absolute atomic E-state index is 2.90. The van der Waals surface area contributed by atoms with E-state index in [1.54, 1.807) is 38.5 Å². The molecule has 0 aromatic carbocycles. The lowest BCUT2D eigenvalue weighted by Gasteiger charge is -2.60. The van der Waals surface area contributed by atoms with Crippen LogP contribution in [0.25, 0.3) is 0 Å². The van der Waals surface area contributed by atoms with Gasteiger partial charge in [-0.15, -0.1) is 0 Å². The second-order valence-electron chi connectivity index (χ2n) is 7.43. The van der Waals surface area contributed by atoms with Gasteiger partial charge in [-0.05, 0) is 75.8 Å². The van der Waals surface area contributed by atoms with E-state index in [1.165, 1.54) is 32.4 Å². The molecule has 1 nitrogen and oxygen atoms in total. The third-order valence-electron chi connectivity index (χ3n) is 6.09. The average molecular weight is 249 g/mol. The standard InChI is InChI=1S/C17H31N/c1-3-5-6-7-18(4-2)17-11-14-8-15(12-17)10-16(9-14)13-17/h14-16H,3-13H2,1-2H3. The van der Waals surface area contributed by atoms with Crippen molar-refractivity contribution in [3.8, 4) is 0 Å². The zero-order valence-corrected chi connectivity index (χ0v) is 12.5. The van der Waals surface area contributed by atoms with Gasteiger partial charge in [-0.25, -0.2) is 0 Å². The van der Waals surface area contributed by atoms with Crippen molar-refractivity contribution in [1.29, 1.82) is 0 Å². The Morgan fingerprint density at radius 3 is 1.89 bits per heavy atom. The van der Waals surface area contributed by atoms with Gasteiger partial charge in [0.05, 0.1) is 0 Å². The van der Waals surface area contributed by atoms with Crippen molar-refractivity contribution in [1.82, 2.24) is 4.90 Å². The molecular formula is C17H31N. The van der Waals surface area contributed by atoms with E-state index in [-0.39, 0.29) is 0 Å². The summed E-state index contributed by atoms with van der Waals surface area (Å²) in [5, 5.41) is 0. The Labute approximate surface area is 113 Å². The molecule has 0 unspecified atom stereocenters. The fraction of sp³-hybridized carbons (Fsp3) is 1.00. The molecule has 104 valence electrons. The zero-order valence-electron chi connectivity index (χ0n) is 12.5. The van der Waals surface area contributed by atoms with Gasteiger partial charge in [0.15, 0.2) is 0 Å². The van der Waals surface area contributed by atoms with Gasteiger partial charge in [-0.1, -0.05) is 26.7 Å². The van der Waals surface area contributed by atoms with Crippen molar-refractivity contribution in [3.63, 3.8) is 0 Å². The van der Waals surface area contributed by atoms with Crippen LogP contribution in [0.4, 0.5) is 0 Å². The molecule has 1 heteroatoms. The summed E-state index contributed by atoms with van der Waals surface area (Å²) in [6.07, 6.45) is 13.5. The molecule has 18 heavy (non-hydrogen) atoms. The molecule has 0 spiro atoms. The molecule has 0 aliphatic heterocycles. The van der Waals surface area contributed by atoms with Crippen molar-refractivity contribution < 1.29 is 0 Å². The molecule has 0 aromatic rings. The molecule has 4 saturated carbocycles. The maximum Gasteiger partial charge on any atom is 0.0217 e. The van der Waals surface area contributed by atoms with E-state index < -0.39 is 0 Å². The van der Waals surface area contributed by atoms with Crippen LogP contribution in [0.2, 0.25) is 0 Å². The number of nitrogens with zero attached hydrogens (tertiary/aromatic N) is 1. The van der Waals surface area contributed by atoms with Gasteiger partial charge in [-0.2, -0.15) is 0 Å². The third-order valence-corrected chi connectivity index (χ3v) is 6.09. The molecule has 4 aliphatic rings. The van der Waals surface area contributed by atoms with Crippen LogP contribution in [0.5, 0.6) is 0 Å². The highest BCUT2D eigenvalue weighted by atomic mass is 15.2. The van der Waals surface area contributed by atoms with E-state index in [9.17, 15) is 0 Å². The van der Waals surface area contributed by atoms with E-state index in [2.05, 4.69) is 18.7 Å². The van der Waals surface area contributed by atoms with E-state index in [0.717, 1.165) is 17.8 Å². The van der Waals surface area contributed by atoms with Gasteiger partial charge < -0.3 is 0 Å². The quantitative estimate of drug-likeness (QED) is 0.628. The van der Waals surface area contributed by atoms with Crippen LogP contribution in [-0.2, 0) is 0 Å². The van der Waals surface area contributed by atoms with Crippen molar-refractivity contribution >= 4 is 0 Å². The lowest BCUT2D eigenvalue weighted by molar-refractivity contribution is -0.0874. The fourth-order valence-electron chi connectivity index (χ4n) is 5.74. The summed E-state index contributed by atoms with van der Waals surface area (Å²) in [5.74, 6) is 3.28. The Hall–Kier alpha value is -0.0400. The van der Waals surface area contributed by atoms with Gasteiger partial charge in [0.25, 0.3) is 0 Å². The summed E-state index contributed by atoms with van der Waals surface area (Å²) in [4.78, 5) is 2.90. The lowest BCUT2D eigenvalue weighted by Crippen LogP contribution is -2.60. The Kier molecular flexibility index (Phi) is 3.71. The van der Waals surface area contributed by atoms with Crippen LogP contribution in [0, 0.1) is 17.8 Å². The first-order chi connectivity index (χ1) is 8.75. The number of unbranched alkanes of at least 4 members (excludes halogenated alkanes) is 2. The minimum Gasteiger partial charge on any atom is -0.298 e. The SMILES string of the molecule is CCCCCN(CC)C12CC3CC(CC(C3)C1)C2. The summed E-state index contributed by atoms with van der Waals surface area (Å²) in [6.45, 7) is 7.37. The van der Waals surface area contributed by atoms with Crippen LogP contribution in [0.3, 0.4) is 0 Å². The fourth-order valence-corrected chi connectivity index (χ4v) is 5.74. The first-order valence-electron chi connectivity index (χ1n) is 8.51. The number of hydrogen-bond donors (Lipinski definition) is 0. The zero-order chi connectivity index (χ0) is 12.6. The van der Waals surface area contributed by atoms with Crippen molar-refractivity contribution in [2.24, 2.45) is 17.8 Å². The largest absolute Gasteiger partial charge is 0.298 e. The Morgan fingerprint density at radius 2 is 1.44 bits per heavy atom. The molecule has 0 aromatic heterocycles. The summed E-state index contributed by atoms with van der Waals surface area (Å²) in [5.41, 5.74) is 0.650. The monoisotopic (exact) mass is 249 g/mol. The molecule has 4 fully saturated rings. The van der Waals surface area contributed by atoms with Crippen LogP contribution in [0.1, 0.15) is 71.6 Å². The predicted octanol–water partition coefficient (Wildman–Crippen LogP) is 4.47. The lowest BCUT2D eigenvalue weighted by atomic mass is 9.52. The molecule has 0 atom stereocenters. The smallest absolute Gasteiger partial charge is 0.0217 e. The molecule has 0 amide bonds. The Morgan fingerprint density at radius 1 is 0.889 bits per heavy atom. The molecule has 0 N–H and O–H groups in total. The predicted molar refractivity (Wildman–Crippen MR) is 77.7 cm³/mol. The van der Waals surface area contributed by atoms with Crippen LogP contribution in [-0.4, -0.2) is 23.5 Å². The number of hydrogen-bond acceptors (Lipinski definition) is 1. The van der Waals surface area contributed by atoms with Crippen LogP contribution in [0.15, 0.2) is 0 Å². The molecule has 4 bridgehead atoms. The molecule has 4 aliphatic carbocycles. The van der Waals surface area contributed by atoms with Gasteiger partial charge in [0.1, 0.15) is 0 Å². The van der Waals surface area contributed by atoms with Crippen molar-refractivity contribution in [2.45, 2.75) is 77.2 Å². The van der Waals surface area contributed by atoms with E-state index in [4.69, 9.17) is 0 Å². The highest BCUT2D eigenvalue weighted by Crippen LogP contribution is 2.57. The first kappa shape index (κ1) is 13.0. The minimum absolute atomic E-state index is 0.650. The summed E-state index contributed by atoms with van der Waals surface area (Å²) in [6, 6.07) is 0. The summed E-state index contributed by atoms with van der Waals surface area (Å²) in [7, 11) is 0. The second-order valence-corrected chi connectivity index (χ2v) is 7.43. The normalized spacial score (nSPS) is 41.8. The topological polar surface area (TPSA) is 3.24 Å².